The number of thioether (sulfide) groups is 1. The number of fused-ring (bicyclic) bond motifs is 5. The second kappa shape index (κ2) is 24.0. The fraction of sp³-hybridized carbons (Fsp3) is 0.885. The zero-order valence-corrected chi connectivity index (χ0v) is 42.1. The summed E-state index contributed by atoms with van der Waals surface area (Å²) in [6, 6.07) is -0.0933. The molecule has 4 aliphatic rings. The first-order valence-electron chi connectivity index (χ1n) is 25.2. The normalized spacial score (nSPS) is 28.3. The van der Waals surface area contributed by atoms with Gasteiger partial charge in [-0.1, -0.05) is 79.4 Å². The van der Waals surface area contributed by atoms with E-state index in [1.165, 1.54) is 63.1 Å². The van der Waals surface area contributed by atoms with E-state index in [9.17, 15) is 19.2 Å². The van der Waals surface area contributed by atoms with Crippen molar-refractivity contribution in [1.29, 1.82) is 0 Å². The standard InChI is InChI=1S/C52H91N3O6S/c1-12-45(56)44(53-13-2)19-14-15-30-54-46(57)26-32-62-34-47(58)55-31-29-50(8,9)60-35-49(6,7)48(59)61-39-24-27-51(10)38(33-39)20-21-40-42-23-22-41(37(5)18-16-17-36(3)4)52(42,11)28-25-43(40)51/h20,36-37,39-44,53H,12-19,21-35H2,1-11H3,(H,54,57)(H,55,58)/t37-,39+,40+,41?,42-,43-,44?,51+,52-/m0/s1. The molecule has 0 heterocycles. The molecule has 0 aliphatic heterocycles. The van der Waals surface area contributed by atoms with E-state index < -0.39 is 11.0 Å². The van der Waals surface area contributed by atoms with Crippen LogP contribution < -0.4 is 16.0 Å². The van der Waals surface area contributed by atoms with Crippen LogP contribution in [0.15, 0.2) is 11.6 Å². The van der Waals surface area contributed by atoms with E-state index in [4.69, 9.17) is 9.47 Å². The van der Waals surface area contributed by atoms with Crippen LogP contribution in [0.3, 0.4) is 0 Å². The summed E-state index contributed by atoms with van der Waals surface area (Å²) in [6.45, 7) is 26.3. The number of ketones is 1. The Bertz CT molecular complexity index is 1500. The number of amides is 2. The molecule has 9 atom stereocenters. The number of ether oxygens (including phenoxy) is 2. The molecule has 0 radical (unpaired) electrons. The maximum Gasteiger partial charge on any atom is 0.314 e. The predicted molar refractivity (Wildman–Crippen MR) is 256 cm³/mol. The van der Waals surface area contributed by atoms with Crippen LogP contribution in [-0.2, 0) is 28.7 Å². The van der Waals surface area contributed by atoms with Gasteiger partial charge in [-0.15, -0.1) is 0 Å². The van der Waals surface area contributed by atoms with E-state index in [2.05, 4.69) is 56.6 Å². The molecular formula is C52H91N3O6S. The lowest BCUT2D eigenvalue weighted by molar-refractivity contribution is -0.169. The SMILES string of the molecule is CCNC(CCCCNC(=O)CCSCC(=O)NCCC(C)(C)OCC(C)(C)C(=O)O[C@@H]1CC[C@]2(C)C(=CC[C@@H]3[C@@H]4CCC([C@@H](C)CCCC(C)C)[C@]4(C)CC[C@@H]32)C1)C(=O)CC. The molecule has 10 heteroatoms. The van der Waals surface area contributed by atoms with Gasteiger partial charge in [0.15, 0.2) is 0 Å². The molecule has 0 bridgehead atoms. The Kier molecular flexibility index (Phi) is 20.4. The lowest BCUT2D eigenvalue weighted by atomic mass is 9.47. The average Bonchev–Trinajstić information content (AvgIpc) is 3.58. The molecule has 2 unspecified atom stereocenters. The summed E-state index contributed by atoms with van der Waals surface area (Å²) in [6.07, 6.45) is 20.3. The first kappa shape index (κ1) is 52.7. The highest BCUT2D eigenvalue weighted by molar-refractivity contribution is 7.99. The molecule has 2 amide bonds. The minimum Gasteiger partial charge on any atom is -0.462 e. The molecule has 9 nitrogen and oxygen atoms in total. The second-order valence-corrected chi connectivity index (χ2v) is 23.3. The van der Waals surface area contributed by atoms with Crippen LogP contribution in [0.2, 0.25) is 0 Å². The average molecular weight is 886 g/mol. The van der Waals surface area contributed by atoms with Gasteiger partial charge in [0.2, 0.25) is 11.8 Å². The van der Waals surface area contributed by atoms with Crippen molar-refractivity contribution in [2.45, 2.75) is 203 Å². The predicted octanol–water partition coefficient (Wildman–Crippen LogP) is 10.6. The number of Topliss-reactive ketones (excluding diaryl/α,β-unsaturated/α-hetero) is 1. The minimum absolute atomic E-state index is 0.0147. The second-order valence-electron chi connectivity index (χ2n) is 22.2. The Morgan fingerprint density at radius 2 is 1.61 bits per heavy atom. The molecule has 3 fully saturated rings. The summed E-state index contributed by atoms with van der Waals surface area (Å²) in [5, 5.41) is 9.19. The van der Waals surface area contributed by atoms with Gasteiger partial charge in [0.05, 0.1) is 29.4 Å². The number of unbranched alkanes of at least 4 members (excludes halogenated alkanes) is 1. The summed E-state index contributed by atoms with van der Waals surface area (Å²) in [5.74, 6) is 5.71. The van der Waals surface area contributed by atoms with Crippen molar-refractivity contribution in [1.82, 2.24) is 16.0 Å². The number of carbonyl (C=O) groups is 4. The molecule has 3 N–H and O–H groups in total. The lowest BCUT2D eigenvalue weighted by Crippen LogP contribution is -2.51. The molecule has 3 saturated carbocycles. The molecular weight excluding hydrogens is 795 g/mol. The van der Waals surface area contributed by atoms with Crippen molar-refractivity contribution >= 4 is 35.3 Å². The first-order valence-corrected chi connectivity index (χ1v) is 26.3. The fourth-order valence-corrected chi connectivity index (χ4v) is 12.9. The molecule has 0 aromatic heterocycles. The monoisotopic (exact) mass is 886 g/mol. The summed E-state index contributed by atoms with van der Waals surface area (Å²) < 4.78 is 12.6. The van der Waals surface area contributed by atoms with Crippen LogP contribution in [0.5, 0.6) is 0 Å². The zero-order valence-electron chi connectivity index (χ0n) is 41.3. The van der Waals surface area contributed by atoms with Crippen LogP contribution in [0.1, 0.15) is 185 Å². The maximum absolute atomic E-state index is 13.7. The van der Waals surface area contributed by atoms with Crippen molar-refractivity contribution in [2.75, 3.05) is 37.7 Å². The fourth-order valence-electron chi connectivity index (χ4n) is 12.1. The number of rotatable bonds is 27. The lowest BCUT2D eigenvalue weighted by Gasteiger charge is -2.58. The van der Waals surface area contributed by atoms with E-state index in [1.54, 1.807) is 5.57 Å². The van der Waals surface area contributed by atoms with Crippen molar-refractivity contribution in [3.05, 3.63) is 11.6 Å². The summed E-state index contributed by atoms with van der Waals surface area (Å²) in [7, 11) is 0. The van der Waals surface area contributed by atoms with Gasteiger partial charge in [0, 0.05) is 38.1 Å². The van der Waals surface area contributed by atoms with Crippen LogP contribution in [0.4, 0.5) is 0 Å². The van der Waals surface area contributed by atoms with Crippen molar-refractivity contribution in [3.8, 4) is 0 Å². The van der Waals surface area contributed by atoms with E-state index in [-0.39, 0.29) is 47.7 Å². The Hall–Kier alpha value is -1.91. The van der Waals surface area contributed by atoms with Gasteiger partial charge in [-0.3, -0.25) is 19.2 Å². The van der Waals surface area contributed by atoms with E-state index >= 15 is 0 Å². The molecule has 356 valence electrons. The van der Waals surface area contributed by atoms with E-state index in [1.807, 2.05) is 41.5 Å². The van der Waals surface area contributed by atoms with Gasteiger partial charge in [-0.05, 0) is 151 Å². The van der Waals surface area contributed by atoms with Gasteiger partial charge >= 0.3 is 5.97 Å². The number of likely N-dealkylation sites (N-methyl/N-ethyl adjacent to an activating group) is 1. The number of hydrogen-bond donors (Lipinski definition) is 3. The molecule has 62 heavy (non-hydrogen) atoms. The topological polar surface area (TPSA) is 123 Å². The summed E-state index contributed by atoms with van der Waals surface area (Å²) in [4.78, 5) is 50.5. The molecule has 0 saturated heterocycles. The van der Waals surface area contributed by atoms with Gasteiger partial charge in [0.1, 0.15) is 11.9 Å². The van der Waals surface area contributed by atoms with Gasteiger partial charge in [-0.2, -0.15) is 11.8 Å². The largest absolute Gasteiger partial charge is 0.462 e. The highest BCUT2D eigenvalue weighted by Crippen LogP contribution is 2.67. The van der Waals surface area contributed by atoms with Crippen molar-refractivity contribution in [2.24, 2.45) is 51.8 Å². The Morgan fingerprint density at radius 1 is 0.871 bits per heavy atom. The molecule has 4 aliphatic carbocycles. The third kappa shape index (κ3) is 14.5. The van der Waals surface area contributed by atoms with Crippen molar-refractivity contribution in [3.63, 3.8) is 0 Å². The Labute approximate surface area is 382 Å². The Morgan fingerprint density at radius 3 is 2.32 bits per heavy atom. The van der Waals surface area contributed by atoms with Crippen LogP contribution in [-0.4, -0.2) is 79.1 Å². The van der Waals surface area contributed by atoms with Gasteiger partial charge < -0.3 is 25.4 Å². The number of nitrogens with one attached hydrogen (secondary N) is 3. The molecule has 0 spiro atoms. The number of esters is 1. The molecule has 0 aromatic rings. The highest BCUT2D eigenvalue weighted by Gasteiger charge is 2.59. The summed E-state index contributed by atoms with van der Waals surface area (Å²) in [5.41, 5.74) is 0.923. The number of hydrogen-bond acceptors (Lipinski definition) is 8. The summed E-state index contributed by atoms with van der Waals surface area (Å²) >= 11 is 1.45. The van der Waals surface area contributed by atoms with Crippen molar-refractivity contribution < 1.29 is 28.7 Å². The third-order valence-corrected chi connectivity index (χ3v) is 17.1. The first-order chi connectivity index (χ1) is 29.3. The van der Waals surface area contributed by atoms with E-state index in [0.717, 1.165) is 80.6 Å². The highest BCUT2D eigenvalue weighted by atomic mass is 32.2. The molecule has 4 rings (SSSR count). The van der Waals surface area contributed by atoms with Gasteiger partial charge in [0.25, 0.3) is 0 Å². The smallest absolute Gasteiger partial charge is 0.314 e. The Balaban J connectivity index is 1.12. The maximum atomic E-state index is 13.7. The third-order valence-electron chi connectivity index (χ3n) is 16.1. The quantitative estimate of drug-likeness (QED) is 0.0423. The minimum atomic E-state index is -0.792. The van der Waals surface area contributed by atoms with Crippen LogP contribution >= 0.6 is 11.8 Å². The number of carbonyl (C=O) groups excluding carboxylic acids is 4. The zero-order chi connectivity index (χ0) is 45.7. The van der Waals surface area contributed by atoms with Gasteiger partial charge in [-0.25, -0.2) is 0 Å². The van der Waals surface area contributed by atoms with E-state index in [0.29, 0.717) is 49.3 Å². The van der Waals surface area contributed by atoms with Crippen LogP contribution in [0, 0.1) is 51.8 Å². The number of allylic oxidation sites excluding steroid dienone is 1. The molecule has 0 aromatic carbocycles. The van der Waals surface area contributed by atoms with Crippen LogP contribution in [0.25, 0.3) is 0 Å².